The van der Waals surface area contributed by atoms with Gasteiger partial charge in [0.1, 0.15) is 11.5 Å². The number of nitrogens with one attached hydrogen (secondary N) is 3. The third kappa shape index (κ3) is 3.83. The molecule has 2 aromatic heterocycles. The highest BCUT2D eigenvalue weighted by Gasteiger charge is 2.16. The van der Waals surface area contributed by atoms with Crippen LogP contribution in [0.15, 0.2) is 83.2 Å². The molecule has 28 heavy (non-hydrogen) atoms. The van der Waals surface area contributed by atoms with Crippen molar-refractivity contribution in [3.8, 4) is 0 Å². The Bertz CT molecular complexity index is 1140. The summed E-state index contributed by atoms with van der Waals surface area (Å²) in [6, 6.07) is 17.4. The second-order valence-electron chi connectivity index (χ2n) is 6.02. The Balaban J connectivity index is 1.59. The summed E-state index contributed by atoms with van der Waals surface area (Å²) in [5, 5.41) is 13.1. The van der Waals surface area contributed by atoms with Crippen molar-refractivity contribution in [1.82, 2.24) is 15.5 Å². The van der Waals surface area contributed by atoms with Crippen LogP contribution in [0, 0.1) is 0 Å². The second kappa shape index (κ2) is 7.63. The van der Waals surface area contributed by atoms with Gasteiger partial charge in [0.15, 0.2) is 0 Å². The molecule has 0 saturated carbocycles. The smallest absolute Gasteiger partial charge is 0.272 e. The van der Waals surface area contributed by atoms with Gasteiger partial charge in [-0.15, -0.1) is 0 Å². The Kier molecular flexibility index (Phi) is 4.71. The van der Waals surface area contributed by atoms with E-state index in [2.05, 4.69) is 20.8 Å². The first-order valence-corrected chi connectivity index (χ1v) is 8.55. The molecule has 138 valence electrons. The molecule has 0 aliphatic carbocycles. The molecule has 0 spiro atoms. The summed E-state index contributed by atoms with van der Waals surface area (Å²) < 4.78 is 5.28. The van der Waals surface area contributed by atoms with Crippen molar-refractivity contribution < 1.29 is 14.0 Å². The van der Waals surface area contributed by atoms with E-state index in [-0.39, 0.29) is 11.6 Å². The van der Waals surface area contributed by atoms with Gasteiger partial charge >= 0.3 is 0 Å². The van der Waals surface area contributed by atoms with E-state index < -0.39 is 5.91 Å². The number of furan rings is 1. The summed E-state index contributed by atoms with van der Waals surface area (Å²) in [6.45, 7) is 0. The molecule has 2 amide bonds. The predicted octanol–water partition coefficient (Wildman–Crippen LogP) is 3.57. The van der Waals surface area contributed by atoms with Gasteiger partial charge in [-0.05, 0) is 42.5 Å². The summed E-state index contributed by atoms with van der Waals surface area (Å²) in [7, 11) is 0. The molecule has 3 N–H and O–H groups in total. The number of aromatic amines is 1. The van der Waals surface area contributed by atoms with E-state index in [1.54, 1.807) is 54.7 Å². The van der Waals surface area contributed by atoms with Gasteiger partial charge in [-0.3, -0.25) is 14.7 Å². The second-order valence-corrected chi connectivity index (χ2v) is 6.02. The summed E-state index contributed by atoms with van der Waals surface area (Å²) in [6.07, 6.45) is 4.64. The molecule has 0 aliphatic heterocycles. The van der Waals surface area contributed by atoms with Crippen LogP contribution < -0.4 is 10.6 Å². The fourth-order valence-electron chi connectivity index (χ4n) is 2.68. The number of amides is 2. The first-order valence-electron chi connectivity index (χ1n) is 8.55. The average molecular weight is 372 g/mol. The number of carbonyl (C=O) groups excluding carboxylic acids is 2. The van der Waals surface area contributed by atoms with Gasteiger partial charge in [-0.2, -0.15) is 5.10 Å². The molecule has 7 heteroatoms. The number of fused-ring (bicyclic) bond motifs is 1. The van der Waals surface area contributed by atoms with Gasteiger partial charge in [0.2, 0.25) is 0 Å². The fraction of sp³-hybridized carbons (Fsp3) is 0. The van der Waals surface area contributed by atoms with Crippen LogP contribution in [0.25, 0.3) is 17.0 Å². The number of benzene rings is 2. The summed E-state index contributed by atoms with van der Waals surface area (Å²) in [5.74, 6) is -0.411. The minimum absolute atomic E-state index is 0.0658. The third-order valence-electron chi connectivity index (χ3n) is 4.06. The molecule has 2 heterocycles. The van der Waals surface area contributed by atoms with Crippen molar-refractivity contribution in [2.24, 2.45) is 0 Å². The molecule has 0 fully saturated rings. The van der Waals surface area contributed by atoms with Crippen LogP contribution in [0.2, 0.25) is 0 Å². The van der Waals surface area contributed by atoms with Gasteiger partial charge < -0.3 is 15.1 Å². The fourth-order valence-corrected chi connectivity index (χ4v) is 2.68. The number of nitrogens with zero attached hydrogens (tertiary/aromatic N) is 1. The average Bonchev–Trinajstić information content (AvgIpc) is 3.39. The molecular formula is C21H16N4O3. The molecular weight excluding hydrogens is 356 g/mol. The lowest BCUT2D eigenvalue weighted by Crippen LogP contribution is -2.30. The number of anilines is 1. The van der Waals surface area contributed by atoms with E-state index in [4.69, 9.17) is 4.42 Å². The van der Waals surface area contributed by atoms with E-state index in [0.717, 1.165) is 10.9 Å². The van der Waals surface area contributed by atoms with Crippen molar-refractivity contribution in [3.05, 3.63) is 90.1 Å². The number of hydrogen-bond acceptors (Lipinski definition) is 4. The molecule has 2 aromatic carbocycles. The number of aromatic nitrogens is 2. The van der Waals surface area contributed by atoms with E-state index in [0.29, 0.717) is 17.0 Å². The number of carbonyl (C=O) groups is 2. The Morgan fingerprint density at radius 2 is 1.89 bits per heavy atom. The first-order chi connectivity index (χ1) is 13.7. The maximum absolute atomic E-state index is 12.8. The standard InChI is InChI=1S/C21H16N4O3/c26-20(14-5-2-1-3-6-14)24-19(12-17-7-4-10-28-17)21(27)23-16-8-9-18-15(11-16)13-22-25-18/h1-13H,(H,22,25)(H,23,27)(H,24,26). The van der Waals surface area contributed by atoms with Crippen molar-refractivity contribution in [1.29, 1.82) is 0 Å². The monoisotopic (exact) mass is 372 g/mol. The van der Waals surface area contributed by atoms with E-state index in [9.17, 15) is 9.59 Å². The van der Waals surface area contributed by atoms with Gasteiger partial charge in [0.25, 0.3) is 11.8 Å². The Morgan fingerprint density at radius 1 is 1.04 bits per heavy atom. The number of rotatable bonds is 5. The molecule has 4 aromatic rings. The number of hydrogen-bond donors (Lipinski definition) is 3. The maximum atomic E-state index is 12.8. The Labute approximate surface area is 160 Å². The van der Waals surface area contributed by atoms with Gasteiger partial charge in [-0.25, -0.2) is 0 Å². The Morgan fingerprint density at radius 3 is 2.68 bits per heavy atom. The molecule has 0 aliphatic rings. The van der Waals surface area contributed by atoms with Crippen molar-refractivity contribution in [3.63, 3.8) is 0 Å². The predicted molar refractivity (Wildman–Crippen MR) is 105 cm³/mol. The highest BCUT2D eigenvalue weighted by atomic mass is 16.3. The summed E-state index contributed by atoms with van der Waals surface area (Å²) >= 11 is 0. The normalized spacial score (nSPS) is 11.4. The summed E-state index contributed by atoms with van der Waals surface area (Å²) in [5.41, 5.74) is 1.96. The van der Waals surface area contributed by atoms with Gasteiger partial charge in [0.05, 0.1) is 18.0 Å². The highest BCUT2D eigenvalue weighted by Crippen LogP contribution is 2.18. The minimum atomic E-state index is -0.469. The van der Waals surface area contributed by atoms with Crippen LogP contribution in [-0.4, -0.2) is 22.0 Å². The number of H-pyrrole nitrogens is 1. The lowest BCUT2D eigenvalue weighted by Gasteiger charge is -2.11. The van der Waals surface area contributed by atoms with Crippen molar-refractivity contribution in [2.45, 2.75) is 0 Å². The van der Waals surface area contributed by atoms with Crippen LogP contribution in [0.5, 0.6) is 0 Å². The molecule has 4 rings (SSSR count). The lowest BCUT2D eigenvalue weighted by atomic mass is 10.2. The van der Waals surface area contributed by atoms with E-state index in [1.165, 1.54) is 12.3 Å². The van der Waals surface area contributed by atoms with Crippen LogP contribution in [-0.2, 0) is 4.79 Å². The highest BCUT2D eigenvalue weighted by molar-refractivity contribution is 6.10. The topological polar surface area (TPSA) is 100 Å². The third-order valence-corrected chi connectivity index (χ3v) is 4.06. The molecule has 0 saturated heterocycles. The zero-order valence-corrected chi connectivity index (χ0v) is 14.7. The Hall–Kier alpha value is -4.13. The lowest BCUT2D eigenvalue weighted by molar-refractivity contribution is -0.113. The van der Waals surface area contributed by atoms with Crippen molar-refractivity contribution >= 4 is 34.5 Å². The van der Waals surface area contributed by atoms with Gasteiger partial charge in [0, 0.05) is 22.7 Å². The van der Waals surface area contributed by atoms with Crippen LogP contribution in [0.1, 0.15) is 16.1 Å². The molecule has 0 radical (unpaired) electrons. The van der Waals surface area contributed by atoms with Crippen molar-refractivity contribution in [2.75, 3.05) is 5.32 Å². The van der Waals surface area contributed by atoms with Crippen LogP contribution >= 0.6 is 0 Å². The maximum Gasteiger partial charge on any atom is 0.272 e. The molecule has 0 atom stereocenters. The SMILES string of the molecule is O=C(Nc1ccc2[nH]ncc2c1)C(=Cc1ccco1)NC(=O)c1ccccc1. The van der Waals surface area contributed by atoms with Crippen LogP contribution in [0.3, 0.4) is 0 Å². The zero-order chi connectivity index (χ0) is 19.3. The van der Waals surface area contributed by atoms with Gasteiger partial charge in [-0.1, -0.05) is 18.2 Å². The van der Waals surface area contributed by atoms with E-state index in [1.807, 2.05) is 12.1 Å². The van der Waals surface area contributed by atoms with Crippen LogP contribution in [0.4, 0.5) is 5.69 Å². The largest absolute Gasteiger partial charge is 0.465 e. The minimum Gasteiger partial charge on any atom is -0.465 e. The quantitative estimate of drug-likeness (QED) is 0.466. The zero-order valence-electron chi connectivity index (χ0n) is 14.7. The molecule has 0 unspecified atom stereocenters. The first kappa shape index (κ1) is 17.3. The van der Waals surface area contributed by atoms with E-state index >= 15 is 0 Å². The molecule has 7 nitrogen and oxygen atoms in total. The molecule has 0 bridgehead atoms. The summed E-state index contributed by atoms with van der Waals surface area (Å²) in [4.78, 5) is 25.3.